The minimum absolute atomic E-state index is 0.0892. The lowest BCUT2D eigenvalue weighted by Crippen LogP contribution is -2.26. The molecule has 1 atom stereocenters. The first kappa shape index (κ1) is 12.2. The standard InChI is InChI=1S/C15H20O2/c1-12(16)6-9-15-8-4-3-5-13(15)11-14(17-2)7-10-15/h5,7,10-11H,3-4,6,8-9H2,1-2H3. The number of hydrogen-bond donors (Lipinski definition) is 0. The molecule has 0 bridgehead atoms. The Morgan fingerprint density at radius 1 is 1.53 bits per heavy atom. The Kier molecular flexibility index (Phi) is 3.51. The van der Waals surface area contributed by atoms with Gasteiger partial charge in [0.05, 0.1) is 7.11 Å². The Morgan fingerprint density at radius 3 is 3.06 bits per heavy atom. The van der Waals surface area contributed by atoms with Gasteiger partial charge in [-0.3, -0.25) is 0 Å². The summed E-state index contributed by atoms with van der Waals surface area (Å²) in [5.41, 5.74) is 1.43. The maximum Gasteiger partial charge on any atom is 0.129 e. The van der Waals surface area contributed by atoms with Crippen LogP contribution in [-0.4, -0.2) is 12.9 Å². The van der Waals surface area contributed by atoms with Gasteiger partial charge in [0, 0.05) is 11.8 Å². The second kappa shape index (κ2) is 4.91. The molecular formula is C15H20O2. The van der Waals surface area contributed by atoms with E-state index in [1.807, 2.05) is 6.08 Å². The van der Waals surface area contributed by atoms with E-state index in [9.17, 15) is 4.79 Å². The summed E-state index contributed by atoms with van der Waals surface area (Å²) in [4.78, 5) is 11.2. The van der Waals surface area contributed by atoms with Crippen LogP contribution in [-0.2, 0) is 9.53 Å². The molecule has 2 aliphatic carbocycles. The van der Waals surface area contributed by atoms with Gasteiger partial charge in [0.15, 0.2) is 0 Å². The fourth-order valence-electron chi connectivity index (χ4n) is 2.73. The molecule has 2 aliphatic rings. The molecule has 92 valence electrons. The van der Waals surface area contributed by atoms with Crippen LogP contribution in [0.3, 0.4) is 0 Å². The highest BCUT2D eigenvalue weighted by Gasteiger charge is 2.34. The molecule has 2 rings (SSSR count). The molecule has 0 amide bonds. The molecule has 0 aromatic heterocycles. The van der Waals surface area contributed by atoms with Gasteiger partial charge in [-0.1, -0.05) is 12.2 Å². The smallest absolute Gasteiger partial charge is 0.129 e. The molecule has 17 heavy (non-hydrogen) atoms. The number of allylic oxidation sites excluding steroid dienone is 5. The number of carbonyl (C=O) groups excluding carboxylic acids is 1. The van der Waals surface area contributed by atoms with E-state index in [-0.39, 0.29) is 11.2 Å². The molecule has 2 nitrogen and oxygen atoms in total. The summed E-state index contributed by atoms with van der Waals surface area (Å²) in [5.74, 6) is 1.19. The van der Waals surface area contributed by atoms with Crippen molar-refractivity contribution in [2.45, 2.75) is 39.0 Å². The van der Waals surface area contributed by atoms with Gasteiger partial charge in [-0.15, -0.1) is 0 Å². The third kappa shape index (κ3) is 2.51. The van der Waals surface area contributed by atoms with Gasteiger partial charge in [-0.2, -0.15) is 0 Å². The van der Waals surface area contributed by atoms with Gasteiger partial charge in [-0.25, -0.2) is 0 Å². The Hall–Kier alpha value is -1.31. The van der Waals surface area contributed by atoms with E-state index < -0.39 is 0 Å². The maximum atomic E-state index is 11.2. The lowest BCUT2D eigenvalue weighted by Gasteiger charge is -2.37. The van der Waals surface area contributed by atoms with Crippen LogP contribution in [0.15, 0.2) is 35.6 Å². The predicted molar refractivity (Wildman–Crippen MR) is 68.5 cm³/mol. The van der Waals surface area contributed by atoms with E-state index in [4.69, 9.17) is 4.74 Å². The van der Waals surface area contributed by atoms with Crippen molar-refractivity contribution in [2.75, 3.05) is 7.11 Å². The fourth-order valence-corrected chi connectivity index (χ4v) is 2.73. The van der Waals surface area contributed by atoms with E-state index >= 15 is 0 Å². The quantitative estimate of drug-likeness (QED) is 0.741. The summed E-state index contributed by atoms with van der Waals surface area (Å²) in [7, 11) is 1.70. The Balaban J connectivity index is 2.23. The first-order chi connectivity index (χ1) is 8.16. The van der Waals surface area contributed by atoms with Crippen LogP contribution in [0, 0.1) is 5.41 Å². The molecule has 0 saturated carbocycles. The van der Waals surface area contributed by atoms with Crippen LogP contribution in [0.4, 0.5) is 0 Å². The highest BCUT2D eigenvalue weighted by atomic mass is 16.5. The van der Waals surface area contributed by atoms with Crippen molar-refractivity contribution in [3.63, 3.8) is 0 Å². The van der Waals surface area contributed by atoms with Gasteiger partial charge >= 0.3 is 0 Å². The Bertz CT molecular complexity index is 401. The van der Waals surface area contributed by atoms with Crippen LogP contribution in [0.25, 0.3) is 0 Å². The monoisotopic (exact) mass is 232 g/mol. The number of methoxy groups -OCH3 is 1. The van der Waals surface area contributed by atoms with Crippen LogP contribution in [0.1, 0.15) is 39.0 Å². The predicted octanol–water partition coefficient (Wildman–Crippen LogP) is 3.55. The average molecular weight is 232 g/mol. The number of ether oxygens (including phenoxy) is 1. The van der Waals surface area contributed by atoms with Crippen molar-refractivity contribution < 1.29 is 9.53 Å². The van der Waals surface area contributed by atoms with E-state index in [1.165, 1.54) is 12.0 Å². The number of ketones is 1. The number of hydrogen-bond acceptors (Lipinski definition) is 2. The van der Waals surface area contributed by atoms with Crippen molar-refractivity contribution in [3.8, 4) is 0 Å². The minimum Gasteiger partial charge on any atom is -0.497 e. The molecule has 0 N–H and O–H groups in total. The van der Waals surface area contributed by atoms with Gasteiger partial charge in [0.25, 0.3) is 0 Å². The number of Topliss-reactive ketones (excluding diaryl/α,β-unsaturated/α-hetero) is 1. The van der Waals surface area contributed by atoms with E-state index in [0.717, 1.165) is 25.0 Å². The first-order valence-electron chi connectivity index (χ1n) is 6.31. The molecule has 0 aromatic rings. The third-order valence-corrected chi connectivity index (χ3v) is 3.79. The molecule has 2 heteroatoms. The number of fused-ring (bicyclic) bond motifs is 1. The molecule has 0 radical (unpaired) electrons. The van der Waals surface area contributed by atoms with E-state index in [2.05, 4.69) is 18.2 Å². The number of carbonyl (C=O) groups is 1. The second-order valence-corrected chi connectivity index (χ2v) is 4.99. The summed E-state index contributed by atoms with van der Waals surface area (Å²) in [6.45, 7) is 1.67. The first-order valence-corrected chi connectivity index (χ1v) is 6.31. The van der Waals surface area contributed by atoms with Crippen molar-refractivity contribution in [1.82, 2.24) is 0 Å². The molecule has 0 spiro atoms. The zero-order valence-corrected chi connectivity index (χ0v) is 10.7. The van der Waals surface area contributed by atoms with Crippen LogP contribution in [0.2, 0.25) is 0 Å². The minimum atomic E-state index is 0.0892. The maximum absolute atomic E-state index is 11.2. The van der Waals surface area contributed by atoms with Crippen molar-refractivity contribution in [3.05, 3.63) is 35.6 Å². The zero-order chi connectivity index (χ0) is 12.3. The molecule has 1 unspecified atom stereocenters. The van der Waals surface area contributed by atoms with Crippen LogP contribution in [0.5, 0.6) is 0 Å². The Morgan fingerprint density at radius 2 is 2.35 bits per heavy atom. The molecule has 0 saturated heterocycles. The Labute approximate surface area is 103 Å². The van der Waals surface area contributed by atoms with Crippen molar-refractivity contribution in [1.29, 1.82) is 0 Å². The van der Waals surface area contributed by atoms with Crippen LogP contribution < -0.4 is 0 Å². The summed E-state index contributed by atoms with van der Waals surface area (Å²) in [6.07, 6.45) is 13.8. The summed E-state index contributed by atoms with van der Waals surface area (Å²) < 4.78 is 5.28. The highest BCUT2D eigenvalue weighted by Crippen LogP contribution is 2.46. The van der Waals surface area contributed by atoms with Gasteiger partial charge in [-0.05, 0) is 50.3 Å². The average Bonchev–Trinajstić information content (AvgIpc) is 2.36. The largest absolute Gasteiger partial charge is 0.497 e. The fraction of sp³-hybridized carbons (Fsp3) is 0.533. The third-order valence-electron chi connectivity index (χ3n) is 3.79. The van der Waals surface area contributed by atoms with E-state index in [1.54, 1.807) is 14.0 Å². The SMILES string of the molecule is COC1=CC2=CCCCC2(CCC(C)=O)C=C1. The zero-order valence-electron chi connectivity index (χ0n) is 10.7. The van der Waals surface area contributed by atoms with Gasteiger partial charge < -0.3 is 9.53 Å². The lowest BCUT2D eigenvalue weighted by atomic mass is 9.67. The van der Waals surface area contributed by atoms with Crippen molar-refractivity contribution >= 4 is 5.78 Å². The molecule has 0 aliphatic heterocycles. The highest BCUT2D eigenvalue weighted by molar-refractivity contribution is 5.75. The van der Waals surface area contributed by atoms with Crippen molar-refractivity contribution in [2.24, 2.45) is 5.41 Å². The topological polar surface area (TPSA) is 26.3 Å². The van der Waals surface area contributed by atoms with Gasteiger partial charge in [0.2, 0.25) is 0 Å². The second-order valence-electron chi connectivity index (χ2n) is 4.99. The molecule has 0 heterocycles. The molecule has 0 aromatic carbocycles. The summed E-state index contributed by atoms with van der Waals surface area (Å²) in [5, 5.41) is 0. The van der Waals surface area contributed by atoms with E-state index in [0.29, 0.717) is 6.42 Å². The van der Waals surface area contributed by atoms with Gasteiger partial charge in [0.1, 0.15) is 11.5 Å². The summed E-state index contributed by atoms with van der Waals surface area (Å²) >= 11 is 0. The van der Waals surface area contributed by atoms with Crippen LogP contribution >= 0.6 is 0 Å². The lowest BCUT2D eigenvalue weighted by molar-refractivity contribution is -0.117. The normalized spacial score (nSPS) is 26.9. The molecular weight excluding hydrogens is 212 g/mol. The molecule has 0 fully saturated rings. The number of rotatable bonds is 4. The summed E-state index contributed by atoms with van der Waals surface area (Å²) in [6, 6.07) is 0.